The first-order chi connectivity index (χ1) is 7.61. The molecular weight excluding hydrogens is 222 g/mol. The molecule has 1 N–H and O–H groups in total. The van der Waals surface area contributed by atoms with Gasteiger partial charge in [0.05, 0.1) is 12.1 Å². The summed E-state index contributed by atoms with van der Waals surface area (Å²) in [6.45, 7) is 5.39. The highest BCUT2D eigenvalue weighted by molar-refractivity contribution is 6.32. The normalized spacial score (nSPS) is 24.8. The molecule has 1 aliphatic rings. The summed E-state index contributed by atoms with van der Waals surface area (Å²) in [6.07, 6.45) is 1.15. The number of nitrogens with one attached hydrogen (secondary N) is 1. The second kappa shape index (κ2) is 4.64. The van der Waals surface area contributed by atoms with Crippen molar-refractivity contribution < 1.29 is 4.74 Å². The van der Waals surface area contributed by atoms with Crippen LogP contribution in [0, 0.1) is 12.8 Å². The monoisotopic (exact) mass is 239 g/mol. The van der Waals surface area contributed by atoms with Gasteiger partial charge >= 0.3 is 0 Å². The van der Waals surface area contributed by atoms with Crippen LogP contribution in [-0.4, -0.2) is 13.7 Å². The van der Waals surface area contributed by atoms with Gasteiger partial charge in [-0.2, -0.15) is 0 Å². The lowest BCUT2D eigenvalue weighted by Gasteiger charge is -2.17. The number of rotatable bonds is 2. The SMILES string of the molecule is COc1c(Cl)cc(C)cc1[C@@H]1C[C@H](C)CN1. The van der Waals surface area contributed by atoms with Gasteiger partial charge in [-0.1, -0.05) is 24.6 Å². The molecule has 1 fully saturated rings. The van der Waals surface area contributed by atoms with Crippen molar-refractivity contribution in [2.75, 3.05) is 13.7 Å². The zero-order valence-electron chi connectivity index (χ0n) is 10.0. The lowest BCUT2D eigenvalue weighted by molar-refractivity contribution is 0.403. The summed E-state index contributed by atoms with van der Waals surface area (Å²) >= 11 is 6.20. The summed E-state index contributed by atoms with van der Waals surface area (Å²) in [7, 11) is 1.68. The van der Waals surface area contributed by atoms with E-state index < -0.39 is 0 Å². The molecule has 3 heteroatoms. The highest BCUT2D eigenvalue weighted by atomic mass is 35.5. The Morgan fingerprint density at radius 2 is 2.19 bits per heavy atom. The third kappa shape index (κ3) is 2.18. The summed E-state index contributed by atoms with van der Waals surface area (Å²) in [5.74, 6) is 1.54. The fourth-order valence-electron chi connectivity index (χ4n) is 2.38. The van der Waals surface area contributed by atoms with Crippen LogP contribution in [-0.2, 0) is 0 Å². The van der Waals surface area contributed by atoms with Crippen molar-refractivity contribution >= 4 is 11.6 Å². The smallest absolute Gasteiger partial charge is 0.142 e. The first-order valence-electron chi connectivity index (χ1n) is 5.69. The van der Waals surface area contributed by atoms with Gasteiger partial charge in [0.1, 0.15) is 5.75 Å². The highest BCUT2D eigenvalue weighted by Crippen LogP contribution is 2.38. The minimum atomic E-state index is 0.377. The third-order valence-corrected chi connectivity index (χ3v) is 3.43. The third-order valence-electron chi connectivity index (χ3n) is 3.15. The van der Waals surface area contributed by atoms with Gasteiger partial charge in [0, 0.05) is 11.6 Å². The van der Waals surface area contributed by atoms with E-state index in [1.165, 1.54) is 11.1 Å². The molecule has 1 aromatic rings. The minimum Gasteiger partial charge on any atom is -0.495 e. The van der Waals surface area contributed by atoms with E-state index in [-0.39, 0.29) is 0 Å². The Labute approximate surface area is 102 Å². The fraction of sp³-hybridized carbons (Fsp3) is 0.538. The molecular formula is C13H18ClNO. The average molecular weight is 240 g/mol. The van der Waals surface area contributed by atoms with E-state index in [1.807, 2.05) is 6.07 Å². The number of benzene rings is 1. The summed E-state index contributed by atoms with van der Waals surface area (Å²) in [5, 5.41) is 4.22. The molecule has 0 bridgehead atoms. The maximum absolute atomic E-state index is 6.20. The molecule has 0 amide bonds. The van der Waals surface area contributed by atoms with Crippen molar-refractivity contribution in [2.24, 2.45) is 5.92 Å². The molecule has 1 aromatic carbocycles. The van der Waals surface area contributed by atoms with E-state index >= 15 is 0 Å². The van der Waals surface area contributed by atoms with Gasteiger partial charge in [0.2, 0.25) is 0 Å². The van der Waals surface area contributed by atoms with E-state index in [2.05, 4.69) is 25.2 Å². The number of ether oxygens (including phenoxy) is 1. The number of hydrogen-bond donors (Lipinski definition) is 1. The predicted molar refractivity (Wildman–Crippen MR) is 67.3 cm³/mol. The van der Waals surface area contributed by atoms with E-state index in [9.17, 15) is 0 Å². The number of aryl methyl sites for hydroxylation is 1. The largest absolute Gasteiger partial charge is 0.495 e. The van der Waals surface area contributed by atoms with Crippen LogP contribution < -0.4 is 10.1 Å². The van der Waals surface area contributed by atoms with Crippen LogP contribution in [0.4, 0.5) is 0 Å². The van der Waals surface area contributed by atoms with Gasteiger partial charge in [-0.05, 0) is 37.4 Å². The van der Waals surface area contributed by atoms with Crippen LogP contribution in [0.25, 0.3) is 0 Å². The zero-order valence-corrected chi connectivity index (χ0v) is 10.8. The van der Waals surface area contributed by atoms with Crippen molar-refractivity contribution in [3.63, 3.8) is 0 Å². The summed E-state index contributed by atoms with van der Waals surface area (Å²) < 4.78 is 5.41. The predicted octanol–water partition coefficient (Wildman–Crippen LogP) is 3.33. The van der Waals surface area contributed by atoms with Crippen LogP contribution >= 0.6 is 11.6 Å². The Morgan fingerprint density at radius 3 is 2.75 bits per heavy atom. The lowest BCUT2D eigenvalue weighted by Crippen LogP contribution is -2.14. The molecule has 16 heavy (non-hydrogen) atoms. The first kappa shape index (κ1) is 11.7. The van der Waals surface area contributed by atoms with Gasteiger partial charge in [-0.3, -0.25) is 0 Å². The number of methoxy groups -OCH3 is 1. The molecule has 2 rings (SSSR count). The van der Waals surface area contributed by atoms with Crippen molar-refractivity contribution in [3.8, 4) is 5.75 Å². The minimum absolute atomic E-state index is 0.377. The second-order valence-corrected chi connectivity index (χ2v) is 5.08. The van der Waals surface area contributed by atoms with Crippen molar-refractivity contribution in [3.05, 3.63) is 28.3 Å². The van der Waals surface area contributed by atoms with E-state index in [0.717, 1.165) is 18.7 Å². The molecule has 0 spiro atoms. The average Bonchev–Trinajstić information content (AvgIpc) is 2.63. The van der Waals surface area contributed by atoms with Crippen LogP contribution in [0.3, 0.4) is 0 Å². The Bertz CT molecular complexity index is 392. The fourth-order valence-corrected chi connectivity index (χ4v) is 2.74. The highest BCUT2D eigenvalue weighted by Gasteiger charge is 2.25. The molecule has 1 saturated heterocycles. The Kier molecular flexibility index (Phi) is 3.41. The molecule has 2 nitrogen and oxygen atoms in total. The summed E-state index contributed by atoms with van der Waals surface area (Å²) in [6, 6.07) is 4.49. The summed E-state index contributed by atoms with van der Waals surface area (Å²) in [4.78, 5) is 0. The van der Waals surface area contributed by atoms with E-state index in [4.69, 9.17) is 16.3 Å². The lowest BCUT2D eigenvalue weighted by atomic mass is 9.99. The van der Waals surface area contributed by atoms with Crippen LogP contribution in [0.2, 0.25) is 5.02 Å². The van der Waals surface area contributed by atoms with Gasteiger partial charge in [-0.15, -0.1) is 0 Å². The first-order valence-corrected chi connectivity index (χ1v) is 6.07. The van der Waals surface area contributed by atoms with Crippen molar-refractivity contribution in [2.45, 2.75) is 26.3 Å². The van der Waals surface area contributed by atoms with Gasteiger partial charge in [0.25, 0.3) is 0 Å². The van der Waals surface area contributed by atoms with E-state index in [0.29, 0.717) is 17.0 Å². The Hall–Kier alpha value is -0.730. The van der Waals surface area contributed by atoms with Crippen LogP contribution in [0.1, 0.15) is 30.5 Å². The standard InChI is InChI=1S/C13H18ClNO/c1-8-4-10(12-6-9(2)7-15-12)13(16-3)11(14)5-8/h4-5,9,12,15H,6-7H2,1-3H3/t9-,12-/m0/s1. The second-order valence-electron chi connectivity index (χ2n) is 4.67. The van der Waals surface area contributed by atoms with E-state index in [1.54, 1.807) is 7.11 Å². The number of halogens is 1. The molecule has 0 aliphatic carbocycles. The summed E-state index contributed by atoms with van der Waals surface area (Å²) in [5.41, 5.74) is 2.37. The molecule has 2 atom stereocenters. The molecule has 0 radical (unpaired) electrons. The quantitative estimate of drug-likeness (QED) is 0.855. The molecule has 1 heterocycles. The molecule has 0 unspecified atom stereocenters. The molecule has 0 saturated carbocycles. The zero-order chi connectivity index (χ0) is 11.7. The van der Waals surface area contributed by atoms with Crippen LogP contribution in [0.5, 0.6) is 5.75 Å². The molecule has 88 valence electrons. The molecule has 0 aromatic heterocycles. The molecule has 1 aliphatic heterocycles. The van der Waals surface area contributed by atoms with Gasteiger partial charge in [0.15, 0.2) is 0 Å². The maximum atomic E-state index is 6.20. The van der Waals surface area contributed by atoms with Gasteiger partial charge < -0.3 is 10.1 Å². The Balaban J connectivity index is 2.38. The van der Waals surface area contributed by atoms with Crippen LogP contribution in [0.15, 0.2) is 12.1 Å². The maximum Gasteiger partial charge on any atom is 0.142 e. The van der Waals surface area contributed by atoms with Crippen molar-refractivity contribution in [1.82, 2.24) is 5.32 Å². The topological polar surface area (TPSA) is 21.3 Å². The Morgan fingerprint density at radius 1 is 1.44 bits per heavy atom. The van der Waals surface area contributed by atoms with Gasteiger partial charge in [-0.25, -0.2) is 0 Å². The van der Waals surface area contributed by atoms with Crippen molar-refractivity contribution in [1.29, 1.82) is 0 Å². The number of hydrogen-bond acceptors (Lipinski definition) is 2.